The van der Waals surface area contributed by atoms with Crippen molar-refractivity contribution in [3.8, 4) is 0 Å². The van der Waals surface area contributed by atoms with Crippen LogP contribution in [-0.4, -0.2) is 29.8 Å². The molecule has 3 rings (SSSR count). The number of aryl methyl sites for hydroxylation is 1. The Morgan fingerprint density at radius 1 is 1.20 bits per heavy atom. The first-order chi connectivity index (χ1) is 12.1. The van der Waals surface area contributed by atoms with Crippen LogP contribution in [0.15, 0.2) is 36.4 Å². The molecule has 1 aromatic heterocycles. The molecule has 1 N–H and O–H groups in total. The van der Waals surface area contributed by atoms with Gasteiger partial charge in [0.05, 0.1) is 4.88 Å². The van der Waals surface area contributed by atoms with Crippen molar-refractivity contribution in [2.75, 3.05) is 18.4 Å². The van der Waals surface area contributed by atoms with E-state index < -0.39 is 0 Å². The Bertz CT molecular complexity index is 750. The number of fused-ring (bicyclic) bond motifs is 1. The highest BCUT2D eigenvalue weighted by Gasteiger charge is 2.28. The fourth-order valence-electron chi connectivity index (χ4n) is 3.29. The monoisotopic (exact) mass is 356 g/mol. The maximum Gasteiger partial charge on any atom is 0.263 e. The van der Waals surface area contributed by atoms with E-state index in [0.29, 0.717) is 0 Å². The lowest BCUT2D eigenvalue weighted by molar-refractivity contribution is -0.120. The standard InChI is InChI=1S/C20H24N2O2S/c1-3-22(4-2)20(24)18-13-15-12-14(10-11-17(15)25-18)19(23)21-16-8-6-5-7-9-16/h5-9,13-14H,3-4,10-12H2,1-2H3,(H,21,23)/t14-/m0/s1. The number of hydrogen-bond acceptors (Lipinski definition) is 3. The summed E-state index contributed by atoms with van der Waals surface area (Å²) in [6.07, 6.45) is 2.43. The van der Waals surface area contributed by atoms with Crippen LogP contribution in [-0.2, 0) is 17.6 Å². The van der Waals surface area contributed by atoms with E-state index in [2.05, 4.69) is 5.32 Å². The minimum Gasteiger partial charge on any atom is -0.339 e. The summed E-state index contributed by atoms with van der Waals surface area (Å²) in [6.45, 7) is 5.44. The highest BCUT2D eigenvalue weighted by molar-refractivity contribution is 7.14. The molecule has 1 heterocycles. The van der Waals surface area contributed by atoms with Crippen molar-refractivity contribution in [1.82, 2.24) is 4.90 Å². The van der Waals surface area contributed by atoms with E-state index in [0.717, 1.165) is 42.9 Å². The summed E-state index contributed by atoms with van der Waals surface area (Å²) in [6, 6.07) is 11.6. The Kier molecular flexibility index (Phi) is 5.53. The van der Waals surface area contributed by atoms with Gasteiger partial charge in [-0.1, -0.05) is 18.2 Å². The van der Waals surface area contributed by atoms with Gasteiger partial charge in [0, 0.05) is 29.6 Å². The van der Waals surface area contributed by atoms with E-state index in [1.807, 2.05) is 55.1 Å². The molecule has 0 radical (unpaired) electrons. The van der Waals surface area contributed by atoms with Crippen LogP contribution in [0.5, 0.6) is 0 Å². The van der Waals surface area contributed by atoms with Gasteiger partial charge in [0.15, 0.2) is 0 Å². The highest BCUT2D eigenvalue weighted by Crippen LogP contribution is 2.33. The van der Waals surface area contributed by atoms with Crippen LogP contribution >= 0.6 is 11.3 Å². The molecule has 25 heavy (non-hydrogen) atoms. The quantitative estimate of drug-likeness (QED) is 0.881. The zero-order valence-electron chi connectivity index (χ0n) is 14.7. The number of benzene rings is 1. The number of para-hydroxylation sites is 1. The molecule has 1 aliphatic rings. The number of nitrogens with zero attached hydrogens (tertiary/aromatic N) is 1. The van der Waals surface area contributed by atoms with Crippen LogP contribution < -0.4 is 5.32 Å². The van der Waals surface area contributed by atoms with Gasteiger partial charge in [0.25, 0.3) is 5.91 Å². The second-order valence-electron chi connectivity index (χ2n) is 6.33. The number of carbonyl (C=O) groups excluding carboxylic acids is 2. The second-order valence-corrected chi connectivity index (χ2v) is 7.47. The molecule has 0 saturated carbocycles. The van der Waals surface area contributed by atoms with E-state index >= 15 is 0 Å². The summed E-state index contributed by atoms with van der Waals surface area (Å²) in [5, 5.41) is 3.00. The third-order valence-corrected chi connectivity index (χ3v) is 5.98. The highest BCUT2D eigenvalue weighted by atomic mass is 32.1. The summed E-state index contributed by atoms with van der Waals surface area (Å²) in [5.74, 6) is 0.146. The predicted molar refractivity (Wildman–Crippen MR) is 102 cm³/mol. The van der Waals surface area contributed by atoms with E-state index in [-0.39, 0.29) is 17.7 Å². The number of carbonyl (C=O) groups is 2. The van der Waals surface area contributed by atoms with Gasteiger partial charge in [-0.2, -0.15) is 0 Å². The Labute approximate surface area is 152 Å². The molecule has 5 heteroatoms. The molecule has 1 atom stereocenters. The van der Waals surface area contributed by atoms with Gasteiger partial charge in [-0.25, -0.2) is 0 Å². The summed E-state index contributed by atoms with van der Waals surface area (Å²) in [7, 11) is 0. The summed E-state index contributed by atoms with van der Waals surface area (Å²) in [5.41, 5.74) is 2.00. The van der Waals surface area contributed by atoms with Gasteiger partial charge in [-0.15, -0.1) is 11.3 Å². The molecular weight excluding hydrogens is 332 g/mol. The molecule has 0 aliphatic heterocycles. The van der Waals surface area contributed by atoms with Gasteiger partial charge in [-0.3, -0.25) is 9.59 Å². The van der Waals surface area contributed by atoms with Gasteiger partial charge in [0.1, 0.15) is 0 Å². The molecule has 1 aromatic carbocycles. The van der Waals surface area contributed by atoms with Gasteiger partial charge in [0.2, 0.25) is 5.91 Å². The van der Waals surface area contributed by atoms with Crippen molar-refractivity contribution < 1.29 is 9.59 Å². The number of thiophene rings is 1. The first-order valence-corrected chi connectivity index (χ1v) is 9.70. The molecular formula is C20H24N2O2S. The lowest BCUT2D eigenvalue weighted by Gasteiger charge is -2.21. The Hall–Kier alpha value is -2.14. The molecule has 0 fully saturated rings. The van der Waals surface area contributed by atoms with E-state index in [9.17, 15) is 9.59 Å². The molecule has 2 aromatic rings. The average molecular weight is 356 g/mol. The Morgan fingerprint density at radius 3 is 2.60 bits per heavy atom. The molecule has 0 bridgehead atoms. The van der Waals surface area contributed by atoms with Gasteiger partial charge < -0.3 is 10.2 Å². The van der Waals surface area contributed by atoms with Crippen molar-refractivity contribution in [3.05, 3.63) is 51.7 Å². The largest absolute Gasteiger partial charge is 0.339 e. The predicted octanol–water partition coefficient (Wildman–Crippen LogP) is 3.97. The maximum absolute atomic E-state index is 12.5. The van der Waals surface area contributed by atoms with Gasteiger partial charge in [-0.05, 0) is 56.9 Å². The minimum atomic E-state index is -0.0290. The number of amides is 2. The molecule has 1 aliphatic carbocycles. The number of hydrogen-bond donors (Lipinski definition) is 1. The zero-order chi connectivity index (χ0) is 17.8. The van der Waals surface area contributed by atoms with Crippen LogP contribution in [0.3, 0.4) is 0 Å². The van der Waals surface area contributed by atoms with E-state index in [1.54, 1.807) is 11.3 Å². The van der Waals surface area contributed by atoms with Crippen molar-refractivity contribution in [2.24, 2.45) is 5.92 Å². The minimum absolute atomic E-state index is 0.0290. The first-order valence-electron chi connectivity index (χ1n) is 8.89. The molecule has 0 unspecified atom stereocenters. The van der Waals surface area contributed by atoms with E-state index in [1.165, 1.54) is 10.4 Å². The van der Waals surface area contributed by atoms with Crippen LogP contribution in [0.2, 0.25) is 0 Å². The molecule has 0 saturated heterocycles. The zero-order valence-corrected chi connectivity index (χ0v) is 15.6. The number of anilines is 1. The van der Waals surface area contributed by atoms with E-state index in [4.69, 9.17) is 0 Å². The average Bonchev–Trinajstić information content (AvgIpc) is 3.06. The third-order valence-electron chi connectivity index (χ3n) is 4.76. The second kappa shape index (κ2) is 7.83. The van der Waals surface area contributed by atoms with Crippen LogP contribution in [0, 0.1) is 5.92 Å². The number of nitrogens with one attached hydrogen (secondary N) is 1. The van der Waals surface area contributed by atoms with Crippen LogP contribution in [0.1, 0.15) is 40.4 Å². The summed E-state index contributed by atoms with van der Waals surface area (Å²) in [4.78, 5) is 29.0. The molecule has 0 spiro atoms. The molecule has 132 valence electrons. The van der Waals surface area contributed by atoms with Crippen molar-refractivity contribution in [2.45, 2.75) is 33.1 Å². The van der Waals surface area contributed by atoms with Crippen molar-refractivity contribution in [3.63, 3.8) is 0 Å². The summed E-state index contributed by atoms with van der Waals surface area (Å²) < 4.78 is 0. The lowest BCUT2D eigenvalue weighted by atomic mass is 9.87. The fourth-order valence-corrected chi connectivity index (χ4v) is 4.46. The summed E-state index contributed by atoms with van der Waals surface area (Å²) >= 11 is 1.60. The Morgan fingerprint density at radius 2 is 1.92 bits per heavy atom. The first kappa shape index (κ1) is 17.7. The third kappa shape index (κ3) is 3.93. The normalized spacial score (nSPS) is 16.2. The fraction of sp³-hybridized carbons (Fsp3) is 0.400. The molecule has 2 amide bonds. The van der Waals surface area contributed by atoms with Crippen molar-refractivity contribution >= 4 is 28.8 Å². The van der Waals surface area contributed by atoms with Crippen molar-refractivity contribution in [1.29, 1.82) is 0 Å². The topological polar surface area (TPSA) is 49.4 Å². The van der Waals surface area contributed by atoms with Gasteiger partial charge >= 0.3 is 0 Å². The Balaban J connectivity index is 1.69. The SMILES string of the molecule is CCN(CC)C(=O)c1cc2c(s1)CC[C@H](C(=O)Nc1ccccc1)C2. The maximum atomic E-state index is 12.5. The lowest BCUT2D eigenvalue weighted by Crippen LogP contribution is -2.29. The van der Waals surface area contributed by atoms with Crippen LogP contribution in [0.4, 0.5) is 5.69 Å². The molecule has 4 nitrogen and oxygen atoms in total. The number of rotatable bonds is 5. The smallest absolute Gasteiger partial charge is 0.263 e. The van der Waals surface area contributed by atoms with Crippen LogP contribution in [0.25, 0.3) is 0 Å².